The summed E-state index contributed by atoms with van der Waals surface area (Å²) in [6, 6.07) is 35.7. The van der Waals surface area contributed by atoms with E-state index in [1.165, 1.54) is 0 Å². The predicted molar refractivity (Wildman–Crippen MR) is 205 cm³/mol. The van der Waals surface area contributed by atoms with Gasteiger partial charge in [0.25, 0.3) is 0 Å². The molecule has 2 aromatic heterocycles. The lowest BCUT2D eigenvalue weighted by atomic mass is 9.88. The Morgan fingerprint density at radius 3 is 2.17 bits per heavy atom. The normalized spacial score (nSPS) is 15.7. The second-order valence-electron chi connectivity index (χ2n) is 14.0. The molecule has 0 saturated carbocycles. The van der Waals surface area contributed by atoms with E-state index in [-0.39, 0.29) is 18.4 Å². The number of imidazole rings is 1. The number of nitrogens with one attached hydrogen (secondary N) is 1. The number of fused-ring (bicyclic) bond motifs is 1. The molecule has 0 bridgehead atoms. The van der Waals surface area contributed by atoms with E-state index < -0.39 is 12.0 Å². The Kier molecular flexibility index (Phi) is 10.4. The van der Waals surface area contributed by atoms with Gasteiger partial charge in [0, 0.05) is 43.7 Å². The molecule has 274 valence electrons. The van der Waals surface area contributed by atoms with Crippen molar-refractivity contribution in [3.05, 3.63) is 143 Å². The van der Waals surface area contributed by atoms with Gasteiger partial charge in [0.05, 0.1) is 31.4 Å². The summed E-state index contributed by atoms with van der Waals surface area (Å²) in [7, 11) is 0. The maximum Gasteiger partial charge on any atom is 0.245 e. The van der Waals surface area contributed by atoms with Gasteiger partial charge in [-0.3, -0.25) is 9.59 Å². The summed E-state index contributed by atoms with van der Waals surface area (Å²) in [6.07, 6.45) is 3.23. The Balaban J connectivity index is 1.15. The van der Waals surface area contributed by atoms with E-state index in [9.17, 15) is 9.59 Å². The van der Waals surface area contributed by atoms with Crippen molar-refractivity contribution in [3.8, 4) is 22.5 Å². The van der Waals surface area contributed by atoms with Gasteiger partial charge in [0.15, 0.2) is 0 Å². The SMILES string of the molecule is CCCCc1nc2c(n1Cc1ccc(-c3ccccc3-c3nn[nH]n3)cc1)CC(C(=O)N1CCOCC1)N(C(=O)C(c1ccccc1)c1ccccc1)C2. The van der Waals surface area contributed by atoms with Crippen LogP contribution in [0.15, 0.2) is 109 Å². The number of nitrogens with zero attached hydrogens (tertiary/aromatic N) is 7. The molecule has 11 nitrogen and oxygen atoms in total. The fraction of sp³-hybridized carbons (Fsp3) is 0.302. The highest BCUT2D eigenvalue weighted by Gasteiger charge is 2.42. The number of rotatable bonds is 11. The molecule has 1 N–H and O–H groups in total. The summed E-state index contributed by atoms with van der Waals surface area (Å²) in [5.41, 5.74) is 7.79. The minimum Gasteiger partial charge on any atom is -0.378 e. The summed E-state index contributed by atoms with van der Waals surface area (Å²) in [4.78, 5) is 38.4. The fourth-order valence-electron chi connectivity index (χ4n) is 7.78. The van der Waals surface area contributed by atoms with E-state index >= 15 is 0 Å². The highest BCUT2D eigenvalue weighted by molar-refractivity contribution is 5.93. The molecule has 2 aliphatic heterocycles. The largest absolute Gasteiger partial charge is 0.378 e. The molecule has 0 aliphatic carbocycles. The van der Waals surface area contributed by atoms with E-state index in [1.807, 2.05) is 88.7 Å². The summed E-state index contributed by atoms with van der Waals surface area (Å²) < 4.78 is 7.92. The number of ether oxygens (including phenoxy) is 1. The van der Waals surface area contributed by atoms with E-state index in [0.717, 1.165) is 69.9 Å². The quantitative estimate of drug-likeness (QED) is 0.173. The van der Waals surface area contributed by atoms with Gasteiger partial charge in [-0.25, -0.2) is 4.98 Å². The van der Waals surface area contributed by atoms with Crippen molar-refractivity contribution in [1.82, 2.24) is 40.0 Å². The second-order valence-corrected chi connectivity index (χ2v) is 14.0. The lowest BCUT2D eigenvalue weighted by molar-refractivity contribution is -0.150. The monoisotopic (exact) mass is 720 g/mol. The zero-order chi connectivity index (χ0) is 36.9. The Morgan fingerprint density at radius 1 is 0.852 bits per heavy atom. The third kappa shape index (κ3) is 7.19. The van der Waals surface area contributed by atoms with E-state index in [2.05, 4.69) is 62.4 Å². The number of aromatic nitrogens is 6. The van der Waals surface area contributed by atoms with Crippen LogP contribution in [-0.2, 0) is 40.3 Å². The highest BCUT2D eigenvalue weighted by atomic mass is 16.5. The molecule has 54 heavy (non-hydrogen) atoms. The molecule has 1 fully saturated rings. The molecule has 6 aromatic rings. The molecule has 0 radical (unpaired) electrons. The van der Waals surface area contributed by atoms with Gasteiger partial charge >= 0.3 is 0 Å². The first-order chi connectivity index (χ1) is 26.6. The summed E-state index contributed by atoms with van der Waals surface area (Å²) in [5.74, 6) is 0.853. The van der Waals surface area contributed by atoms with Crippen LogP contribution in [0.5, 0.6) is 0 Å². The van der Waals surface area contributed by atoms with Crippen molar-refractivity contribution in [2.75, 3.05) is 26.3 Å². The van der Waals surface area contributed by atoms with Crippen molar-refractivity contribution in [3.63, 3.8) is 0 Å². The number of morpholine rings is 1. The van der Waals surface area contributed by atoms with Crippen molar-refractivity contribution in [2.45, 2.75) is 57.7 Å². The minimum atomic E-state index is -0.670. The summed E-state index contributed by atoms with van der Waals surface area (Å²) in [5, 5.41) is 14.7. The molecule has 2 aliphatic rings. The summed E-state index contributed by atoms with van der Waals surface area (Å²) >= 11 is 0. The number of carbonyl (C=O) groups is 2. The number of amides is 2. The minimum absolute atomic E-state index is 0.0374. The van der Waals surface area contributed by atoms with Crippen LogP contribution in [0.4, 0.5) is 0 Å². The lowest BCUT2D eigenvalue weighted by Gasteiger charge is -2.40. The number of tetrazole rings is 1. The number of unbranched alkanes of at least 4 members (excludes halogenated alkanes) is 1. The van der Waals surface area contributed by atoms with Gasteiger partial charge in [0.1, 0.15) is 11.9 Å². The van der Waals surface area contributed by atoms with Crippen molar-refractivity contribution in [1.29, 1.82) is 0 Å². The Morgan fingerprint density at radius 2 is 1.52 bits per heavy atom. The fourth-order valence-corrected chi connectivity index (χ4v) is 7.78. The van der Waals surface area contributed by atoms with Crippen molar-refractivity contribution >= 4 is 11.8 Å². The van der Waals surface area contributed by atoms with Gasteiger partial charge in [-0.15, -0.1) is 10.2 Å². The van der Waals surface area contributed by atoms with Gasteiger partial charge < -0.3 is 19.1 Å². The van der Waals surface area contributed by atoms with Gasteiger partial charge in [-0.2, -0.15) is 5.21 Å². The van der Waals surface area contributed by atoms with Gasteiger partial charge in [-0.1, -0.05) is 123 Å². The molecule has 1 unspecified atom stereocenters. The standard InChI is InChI=1S/C43H44N8O3/c1-2-3-18-39-44-36-29-51(43(53)40(32-12-6-4-7-13-32)33-14-8-5-9-15-33)38(42(52)49-23-25-54-26-24-49)27-37(36)50(39)28-30-19-21-31(22-20-30)34-16-10-11-17-35(34)41-45-47-48-46-41/h4-17,19-22,38,40H,2-3,18,23-29H2,1H3,(H,45,46,47,48). The molecule has 4 aromatic carbocycles. The topological polar surface area (TPSA) is 122 Å². The molecule has 2 amide bonds. The average Bonchev–Trinajstić information content (AvgIpc) is 3.89. The maximum atomic E-state index is 15.0. The molecule has 4 heterocycles. The first-order valence-electron chi connectivity index (χ1n) is 18.8. The van der Waals surface area contributed by atoms with E-state index in [1.54, 1.807) is 0 Å². The third-order valence-corrected chi connectivity index (χ3v) is 10.6. The number of aromatic amines is 1. The van der Waals surface area contributed by atoms with Crippen LogP contribution in [0.3, 0.4) is 0 Å². The average molecular weight is 721 g/mol. The lowest BCUT2D eigenvalue weighted by Crippen LogP contribution is -2.56. The molecule has 11 heteroatoms. The number of benzene rings is 4. The van der Waals surface area contributed by atoms with E-state index in [0.29, 0.717) is 45.1 Å². The smallest absolute Gasteiger partial charge is 0.245 e. The number of hydrogen-bond donors (Lipinski definition) is 1. The van der Waals surface area contributed by atoms with Gasteiger partial charge in [0.2, 0.25) is 17.6 Å². The Bertz CT molecular complexity index is 2140. The molecule has 1 atom stereocenters. The van der Waals surface area contributed by atoms with Gasteiger partial charge in [-0.05, 0) is 39.5 Å². The van der Waals surface area contributed by atoms with Crippen LogP contribution in [0, 0.1) is 0 Å². The van der Waals surface area contributed by atoms with Crippen LogP contribution in [-0.4, -0.2) is 84.1 Å². The molecule has 0 spiro atoms. The molecule has 1 saturated heterocycles. The van der Waals surface area contributed by atoms with Crippen molar-refractivity contribution < 1.29 is 14.3 Å². The maximum absolute atomic E-state index is 15.0. The molecule has 8 rings (SSSR count). The van der Waals surface area contributed by atoms with Crippen LogP contribution in [0.25, 0.3) is 22.5 Å². The Hall–Kier alpha value is -5.94. The van der Waals surface area contributed by atoms with Crippen LogP contribution < -0.4 is 0 Å². The van der Waals surface area contributed by atoms with E-state index in [4.69, 9.17) is 9.72 Å². The predicted octanol–water partition coefficient (Wildman–Crippen LogP) is 6.07. The zero-order valence-corrected chi connectivity index (χ0v) is 30.5. The molecular weight excluding hydrogens is 677 g/mol. The number of hydrogen-bond acceptors (Lipinski definition) is 7. The first-order valence-corrected chi connectivity index (χ1v) is 18.8. The van der Waals surface area contributed by atoms with Crippen LogP contribution in [0.1, 0.15) is 59.6 Å². The second kappa shape index (κ2) is 16.0. The Labute approximate surface area is 315 Å². The number of H-pyrrole nitrogens is 1. The van der Waals surface area contributed by atoms with Crippen LogP contribution in [0.2, 0.25) is 0 Å². The van der Waals surface area contributed by atoms with Crippen molar-refractivity contribution in [2.24, 2.45) is 0 Å². The zero-order valence-electron chi connectivity index (χ0n) is 30.5. The molecular formula is C43H44N8O3. The third-order valence-electron chi connectivity index (χ3n) is 10.6. The number of carbonyl (C=O) groups excluding carboxylic acids is 2. The first kappa shape index (κ1) is 35.1. The summed E-state index contributed by atoms with van der Waals surface area (Å²) in [6.45, 7) is 5.05. The van der Waals surface area contributed by atoms with Crippen LogP contribution >= 0.6 is 0 Å². The number of aryl methyl sites for hydroxylation is 1. The highest BCUT2D eigenvalue weighted by Crippen LogP contribution is 2.34.